The smallest absolute Gasteiger partial charge is 0.243 e. The summed E-state index contributed by atoms with van der Waals surface area (Å²) in [4.78, 5) is 25.3. The lowest BCUT2D eigenvalue weighted by Gasteiger charge is -2.19. The molecule has 5 heteroatoms. The van der Waals surface area contributed by atoms with Crippen LogP contribution in [0.3, 0.4) is 0 Å². The Morgan fingerprint density at radius 1 is 0.929 bits per heavy atom. The van der Waals surface area contributed by atoms with E-state index in [2.05, 4.69) is 43.5 Å². The average molecular weight is 399 g/mol. The summed E-state index contributed by atoms with van der Waals surface area (Å²) in [6.07, 6.45) is 0. The van der Waals surface area contributed by atoms with Crippen LogP contribution in [-0.4, -0.2) is 24.1 Å². The van der Waals surface area contributed by atoms with Crippen molar-refractivity contribution in [3.05, 3.63) is 58.7 Å². The molecule has 4 nitrogen and oxygen atoms in total. The maximum Gasteiger partial charge on any atom is 0.243 e. The summed E-state index contributed by atoms with van der Waals surface area (Å²) >= 11 is 1.47. The number of amides is 2. The lowest BCUT2D eigenvalue weighted by molar-refractivity contribution is -0.122. The zero-order valence-electron chi connectivity index (χ0n) is 17.6. The van der Waals surface area contributed by atoms with E-state index in [1.807, 2.05) is 45.0 Å². The van der Waals surface area contributed by atoms with Gasteiger partial charge in [0.15, 0.2) is 0 Å². The molecule has 0 aliphatic rings. The summed E-state index contributed by atoms with van der Waals surface area (Å²) in [5, 5.41) is 5.58. The van der Waals surface area contributed by atoms with Gasteiger partial charge in [0.25, 0.3) is 0 Å². The van der Waals surface area contributed by atoms with Crippen molar-refractivity contribution in [1.29, 1.82) is 0 Å². The van der Waals surface area contributed by atoms with Crippen molar-refractivity contribution in [2.24, 2.45) is 0 Å². The van der Waals surface area contributed by atoms with Crippen LogP contribution in [0.1, 0.15) is 43.0 Å². The molecule has 28 heavy (non-hydrogen) atoms. The summed E-state index contributed by atoms with van der Waals surface area (Å²) in [6.45, 7) is 12.5. The van der Waals surface area contributed by atoms with Crippen LogP contribution in [0.4, 0.5) is 5.69 Å². The highest BCUT2D eigenvalue weighted by molar-refractivity contribution is 8.00. The quantitative estimate of drug-likeness (QED) is 0.690. The summed E-state index contributed by atoms with van der Waals surface area (Å²) in [7, 11) is 0. The van der Waals surface area contributed by atoms with E-state index in [0.29, 0.717) is 0 Å². The van der Waals surface area contributed by atoms with Crippen LogP contribution in [0.2, 0.25) is 0 Å². The van der Waals surface area contributed by atoms with Crippen LogP contribution >= 0.6 is 11.8 Å². The molecule has 0 saturated heterocycles. The number of rotatable bonds is 6. The molecule has 0 spiro atoms. The van der Waals surface area contributed by atoms with E-state index >= 15 is 0 Å². The summed E-state index contributed by atoms with van der Waals surface area (Å²) in [5.74, 6) is -0.0922. The van der Waals surface area contributed by atoms with E-state index in [9.17, 15) is 9.59 Å². The molecule has 0 unspecified atom stereocenters. The van der Waals surface area contributed by atoms with E-state index in [1.54, 1.807) is 0 Å². The van der Waals surface area contributed by atoms with Crippen LogP contribution in [-0.2, 0) is 15.0 Å². The molecule has 0 aliphatic heterocycles. The van der Waals surface area contributed by atoms with Gasteiger partial charge in [-0.1, -0.05) is 50.6 Å². The molecular formula is C23H30N2O2S. The normalized spacial score (nSPS) is 11.2. The number of carbonyl (C=O) groups is 2. The third-order valence-electron chi connectivity index (χ3n) is 4.48. The van der Waals surface area contributed by atoms with Crippen molar-refractivity contribution in [2.75, 3.05) is 17.6 Å². The first-order valence-corrected chi connectivity index (χ1v) is 10.4. The minimum Gasteiger partial charge on any atom is -0.346 e. The Morgan fingerprint density at radius 3 is 2.04 bits per heavy atom. The fraction of sp³-hybridized carbons (Fsp3) is 0.391. The Balaban J connectivity index is 1.80. The molecule has 150 valence electrons. The Labute approximate surface area is 172 Å². The molecular weight excluding hydrogens is 368 g/mol. The third kappa shape index (κ3) is 6.41. The first-order chi connectivity index (χ1) is 13.1. The van der Waals surface area contributed by atoms with E-state index < -0.39 is 0 Å². The standard InChI is InChI=1S/C23H30N2O2S/c1-15-11-16(2)22(17(3)12-15)25-20(26)13-24-21(27)14-28-19-9-7-18(8-10-19)23(4,5)6/h7-12H,13-14H2,1-6H3,(H,24,27)(H,25,26). The predicted octanol–water partition coefficient (Wildman–Crippen LogP) is 4.76. The number of benzene rings is 2. The number of carbonyl (C=O) groups excluding carboxylic acids is 2. The number of nitrogens with one attached hydrogen (secondary N) is 2. The van der Waals surface area contributed by atoms with Crippen molar-refractivity contribution in [3.8, 4) is 0 Å². The lowest BCUT2D eigenvalue weighted by Crippen LogP contribution is -2.34. The summed E-state index contributed by atoms with van der Waals surface area (Å²) < 4.78 is 0. The van der Waals surface area contributed by atoms with Gasteiger partial charge in [0, 0.05) is 10.6 Å². The molecule has 0 bridgehead atoms. The number of hydrogen-bond acceptors (Lipinski definition) is 3. The molecule has 2 rings (SSSR count). The predicted molar refractivity (Wildman–Crippen MR) is 118 cm³/mol. The molecule has 0 radical (unpaired) electrons. The molecule has 0 aliphatic carbocycles. The first-order valence-electron chi connectivity index (χ1n) is 9.44. The second kappa shape index (κ2) is 9.28. The monoisotopic (exact) mass is 398 g/mol. The second-order valence-electron chi connectivity index (χ2n) is 8.16. The SMILES string of the molecule is Cc1cc(C)c(NC(=O)CNC(=O)CSc2ccc(C(C)(C)C)cc2)c(C)c1. The topological polar surface area (TPSA) is 58.2 Å². The van der Waals surface area contributed by atoms with Crippen LogP contribution in [0.25, 0.3) is 0 Å². The molecule has 2 aromatic carbocycles. The second-order valence-corrected chi connectivity index (χ2v) is 9.21. The Morgan fingerprint density at radius 2 is 1.50 bits per heavy atom. The summed E-state index contributed by atoms with van der Waals surface area (Å²) in [5.41, 5.74) is 5.40. The van der Waals surface area contributed by atoms with Gasteiger partial charge < -0.3 is 10.6 Å². The molecule has 0 fully saturated rings. The number of thioether (sulfide) groups is 1. The fourth-order valence-corrected chi connectivity index (χ4v) is 3.72. The van der Waals surface area contributed by atoms with Gasteiger partial charge in [-0.05, 0) is 55.0 Å². The zero-order valence-corrected chi connectivity index (χ0v) is 18.4. The Hall–Kier alpha value is -2.27. The highest BCUT2D eigenvalue weighted by Crippen LogP contribution is 2.25. The van der Waals surface area contributed by atoms with Crippen LogP contribution in [0, 0.1) is 20.8 Å². The number of hydrogen-bond donors (Lipinski definition) is 2. The largest absolute Gasteiger partial charge is 0.346 e. The van der Waals surface area contributed by atoms with Gasteiger partial charge in [-0.2, -0.15) is 0 Å². The fourth-order valence-electron chi connectivity index (χ4n) is 2.99. The van der Waals surface area contributed by atoms with Crippen LogP contribution in [0.15, 0.2) is 41.3 Å². The van der Waals surface area contributed by atoms with Gasteiger partial charge in [0.1, 0.15) is 0 Å². The van der Waals surface area contributed by atoms with E-state index in [-0.39, 0.29) is 29.5 Å². The molecule has 0 atom stereocenters. The van der Waals surface area contributed by atoms with Gasteiger partial charge in [-0.25, -0.2) is 0 Å². The minimum atomic E-state index is -0.220. The van der Waals surface area contributed by atoms with Crippen molar-refractivity contribution in [2.45, 2.75) is 51.9 Å². The highest BCUT2D eigenvalue weighted by Gasteiger charge is 2.13. The molecule has 2 aromatic rings. The van der Waals surface area contributed by atoms with Crippen molar-refractivity contribution < 1.29 is 9.59 Å². The minimum absolute atomic E-state index is 0.0326. The van der Waals surface area contributed by atoms with E-state index in [1.165, 1.54) is 17.3 Å². The Bertz CT molecular complexity index is 829. The summed E-state index contributed by atoms with van der Waals surface area (Å²) in [6, 6.07) is 12.3. The first kappa shape index (κ1) is 22.0. The van der Waals surface area contributed by atoms with Crippen LogP contribution in [0.5, 0.6) is 0 Å². The van der Waals surface area contributed by atoms with Gasteiger partial charge in [0.05, 0.1) is 12.3 Å². The van der Waals surface area contributed by atoms with E-state index in [0.717, 1.165) is 27.3 Å². The van der Waals surface area contributed by atoms with Crippen molar-refractivity contribution in [3.63, 3.8) is 0 Å². The maximum atomic E-state index is 12.2. The van der Waals surface area contributed by atoms with Crippen molar-refractivity contribution >= 4 is 29.3 Å². The van der Waals surface area contributed by atoms with Gasteiger partial charge in [-0.15, -0.1) is 11.8 Å². The molecule has 0 heterocycles. The highest BCUT2D eigenvalue weighted by atomic mass is 32.2. The van der Waals surface area contributed by atoms with Gasteiger partial charge >= 0.3 is 0 Å². The number of anilines is 1. The maximum absolute atomic E-state index is 12.2. The third-order valence-corrected chi connectivity index (χ3v) is 5.49. The molecule has 2 N–H and O–H groups in total. The molecule has 0 saturated carbocycles. The van der Waals surface area contributed by atoms with Gasteiger partial charge in [-0.3, -0.25) is 9.59 Å². The van der Waals surface area contributed by atoms with Gasteiger partial charge in [0.2, 0.25) is 11.8 Å². The average Bonchev–Trinajstić information content (AvgIpc) is 2.60. The lowest BCUT2D eigenvalue weighted by atomic mass is 9.87. The molecule has 2 amide bonds. The van der Waals surface area contributed by atoms with Crippen LogP contribution < -0.4 is 10.6 Å². The molecule has 0 aromatic heterocycles. The zero-order chi connectivity index (χ0) is 20.9. The van der Waals surface area contributed by atoms with Crippen molar-refractivity contribution in [1.82, 2.24) is 5.32 Å². The Kier molecular flexibility index (Phi) is 7.30. The number of aryl methyl sites for hydroxylation is 3. The van der Waals surface area contributed by atoms with E-state index in [4.69, 9.17) is 0 Å².